The van der Waals surface area contributed by atoms with E-state index in [2.05, 4.69) is 12.2 Å². The molecule has 3 atom stereocenters. The number of hydrogen-bond donors (Lipinski definition) is 2. The normalized spacial score (nSPS) is 23.4. The predicted octanol–water partition coefficient (Wildman–Crippen LogP) is 1.72. The molecule has 21 heavy (non-hydrogen) atoms. The largest absolute Gasteiger partial charge is 0.389 e. The summed E-state index contributed by atoms with van der Waals surface area (Å²) in [7, 11) is 0. The lowest BCUT2D eigenvalue weighted by molar-refractivity contribution is 0.0269. The van der Waals surface area contributed by atoms with Gasteiger partial charge in [0.05, 0.1) is 25.4 Å². The summed E-state index contributed by atoms with van der Waals surface area (Å²) in [6.45, 7) is 4.58. The van der Waals surface area contributed by atoms with Crippen LogP contribution in [0.5, 0.6) is 0 Å². The Morgan fingerprint density at radius 2 is 2.29 bits per heavy atom. The third-order valence-corrected chi connectivity index (χ3v) is 3.85. The summed E-state index contributed by atoms with van der Waals surface area (Å²) in [6, 6.07) is 6.50. The van der Waals surface area contributed by atoms with Gasteiger partial charge >= 0.3 is 0 Å². The highest BCUT2D eigenvalue weighted by Crippen LogP contribution is 2.19. The summed E-state index contributed by atoms with van der Waals surface area (Å²) in [5.41, 5.74) is 0.509. The molecular formula is C16H24FNO3. The molecule has 118 valence electrons. The maximum Gasteiger partial charge on any atom is 0.128 e. The number of aliphatic hydroxyl groups excluding tert-OH is 1. The fourth-order valence-corrected chi connectivity index (χ4v) is 2.46. The van der Waals surface area contributed by atoms with Crippen molar-refractivity contribution in [2.45, 2.75) is 32.2 Å². The third kappa shape index (κ3) is 5.36. The molecule has 1 fully saturated rings. The molecule has 1 heterocycles. The molecule has 0 amide bonds. The minimum Gasteiger partial charge on any atom is -0.389 e. The summed E-state index contributed by atoms with van der Waals surface area (Å²) in [5, 5.41) is 13.1. The monoisotopic (exact) mass is 297 g/mol. The van der Waals surface area contributed by atoms with Gasteiger partial charge in [-0.2, -0.15) is 0 Å². The van der Waals surface area contributed by atoms with Crippen molar-refractivity contribution < 1.29 is 19.0 Å². The molecule has 3 unspecified atom stereocenters. The maximum absolute atomic E-state index is 13.4. The van der Waals surface area contributed by atoms with Crippen molar-refractivity contribution in [2.24, 2.45) is 5.92 Å². The number of hydrogen-bond acceptors (Lipinski definition) is 4. The molecule has 0 aliphatic carbocycles. The maximum atomic E-state index is 13.4. The molecule has 1 aromatic carbocycles. The first-order chi connectivity index (χ1) is 10.2. The fraction of sp³-hybridized carbons (Fsp3) is 0.625. The van der Waals surface area contributed by atoms with Gasteiger partial charge in [0.2, 0.25) is 0 Å². The molecular weight excluding hydrogens is 273 g/mol. The summed E-state index contributed by atoms with van der Waals surface area (Å²) >= 11 is 0. The molecule has 1 aliphatic rings. The smallest absolute Gasteiger partial charge is 0.128 e. The first kappa shape index (κ1) is 16.4. The first-order valence-electron chi connectivity index (χ1n) is 7.48. The van der Waals surface area contributed by atoms with E-state index in [1.165, 1.54) is 6.07 Å². The summed E-state index contributed by atoms with van der Waals surface area (Å²) < 4.78 is 24.2. The van der Waals surface area contributed by atoms with E-state index in [9.17, 15) is 9.50 Å². The predicted molar refractivity (Wildman–Crippen MR) is 78.5 cm³/mol. The number of nitrogens with one attached hydrogen (secondary N) is 1. The van der Waals surface area contributed by atoms with Gasteiger partial charge in [-0.3, -0.25) is 0 Å². The van der Waals surface area contributed by atoms with Crippen LogP contribution in [0.4, 0.5) is 4.39 Å². The Balaban J connectivity index is 1.57. The van der Waals surface area contributed by atoms with Gasteiger partial charge in [0.1, 0.15) is 5.82 Å². The van der Waals surface area contributed by atoms with Gasteiger partial charge in [0, 0.05) is 25.3 Å². The lowest BCUT2D eigenvalue weighted by Crippen LogP contribution is -2.35. The first-order valence-corrected chi connectivity index (χ1v) is 7.48. The van der Waals surface area contributed by atoms with Gasteiger partial charge in [0.15, 0.2) is 0 Å². The standard InChI is InChI=1S/C16H24FNO3/c1-12-13(6-7-21-12)8-18-9-15(19)11-20-10-14-4-2-3-5-16(14)17/h2-5,12-13,15,18-19H,6-11H2,1H3. The zero-order valence-corrected chi connectivity index (χ0v) is 12.4. The van der Waals surface area contributed by atoms with Crippen molar-refractivity contribution in [1.29, 1.82) is 0 Å². The average molecular weight is 297 g/mol. The van der Waals surface area contributed by atoms with E-state index in [1.54, 1.807) is 18.2 Å². The minimum absolute atomic E-state index is 0.178. The van der Waals surface area contributed by atoms with E-state index in [0.29, 0.717) is 18.0 Å². The van der Waals surface area contributed by atoms with Crippen LogP contribution in [0.25, 0.3) is 0 Å². The number of benzene rings is 1. The lowest BCUT2D eigenvalue weighted by atomic mass is 10.0. The van der Waals surface area contributed by atoms with Crippen molar-refractivity contribution in [2.75, 3.05) is 26.3 Å². The van der Waals surface area contributed by atoms with Crippen LogP contribution in [-0.2, 0) is 16.1 Å². The summed E-state index contributed by atoms with van der Waals surface area (Å²) in [4.78, 5) is 0. The highest BCUT2D eigenvalue weighted by atomic mass is 19.1. The number of halogens is 1. The highest BCUT2D eigenvalue weighted by Gasteiger charge is 2.23. The third-order valence-electron chi connectivity index (χ3n) is 3.85. The van der Waals surface area contributed by atoms with Crippen LogP contribution in [0, 0.1) is 11.7 Å². The van der Waals surface area contributed by atoms with Crippen LogP contribution >= 0.6 is 0 Å². The Hall–Kier alpha value is -1.01. The quantitative estimate of drug-likeness (QED) is 0.767. The van der Waals surface area contributed by atoms with E-state index in [-0.39, 0.29) is 25.1 Å². The van der Waals surface area contributed by atoms with Gasteiger partial charge in [-0.15, -0.1) is 0 Å². The zero-order valence-electron chi connectivity index (χ0n) is 12.4. The molecule has 0 spiro atoms. The van der Waals surface area contributed by atoms with Crippen LogP contribution in [0.2, 0.25) is 0 Å². The Labute approximate surface area is 125 Å². The molecule has 0 aromatic heterocycles. The van der Waals surface area contributed by atoms with Crippen LogP contribution in [0.15, 0.2) is 24.3 Å². The Bertz CT molecular complexity index is 430. The van der Waals surface area contributed by atoms with E-state index in [4.69, 9.17) is 9.47 Å². The van der Waals surface area contributed by atoms with Gasteiger partial charge in [-0.1, -0.05) is 18.2 Å². The summed E-state index contributed by atoms with van der Waals surface area (Å²) in [5.74, 6) is 0.233. The number of rotatable bonds is 8. The van der Waals surface area contributed by atoms with Gasteiger partial charge in [-0.25, -0.2) is 4.39 Å². The van der Waals surface area contributed by atoms with Crippen LogP contribution < -0.4 is 5.32 Å². The van der Waals surface area contributed by atoms with Crippen LogP contribution in [0.1, 0.15) is 18.9 Å². The topological polar surface area (TPSA) is 50.7 Å². The number of aliphatic hydroxyl groups is 1. The molecule has 0 bridgehead atoms. The molecule has 2 N–H and O–H groups in total. The molecule has 5 heteroatoms. The lowest BCUT2D eigenvalue weighted by Gasteiger charge is -2.17. The average Bonchev–Trinajstić information content (AvgIpc) is 2.87. The second-order valence-corrected chi connectivity index (χ2v) is 5.54. The van der Waals surface area contributed by atoms with Crippen molar-refractivity contribution in [3.8, 4) is 0 Å². The van der Waals surface area contributed by atoms with Crippen LogP contribution in [-0.4, -0.2) is 43.6 Å². The van der Waals surface area contributed by atoms with Crippen molar-refractivity contribution in [3.63, 3.8) is 0 Å². The van der Waals surface area contributed by atoms with Gasteiger partial charge < -0.3 is 19.9 Å². The van der Waals surface area contributed by atoms with Gasteiger partial charge in [-0.05, 0) is 25.3 Å². The zero-order chi connectivity index (χ0) is 15.1. The van der Waals surface area contributed by atoms with Crippen LogP contribution in [0.3, 0.4) is 0 Å². The highest BCUT2D eigenvalue weighted by molar-refractivity contribution is 5.16. The molecule has 0 saturated carbocycles. The van der Waals surface area contributed by atoms with Crippen molar-refractivity contribution in [3.05, 3.63) is 35.6 Å². The number of ether oxygens (including phenoxy) is 2. The Morgan fingerprint density at radius 1 is 1.48 bits per heavy atom. The SMILES string of the molecule is CC1OCCC1CNCC(O)COCc1ccccc1F. The second kappa shape index (κ2) is 8.44. The van der Waals surface area contributed by atoms with E-state index in [1.807, 2.05) is 0 Å². The minimum atomic E-state index is -0.589. The van der Waals surface area contributed by atoms with E-state index >= 15 is 0 Å². The summed E-state index contributed by atoms with van der Waals surface area (Å²) in [6.07, 6.45) is 0.759. The van der Waals surface area contributed by atoms with E-state index < -0.39 is 6.10 Å². The molecule has 1 aliphatic heterocycles. The second-order valence-electron chi connectivity index (χ2n) is 5.54. The van der Waals surface area contributed by atoms with Gasteiger partial charge in [0.25, 0.3) is 0 Å². The molecule has 1 aromatic rings. The molecule has 4 nitrogen and oxygen atoms in total. The van der Waals surface area contributed by atoms with Crippen molar-refractivity contribution in [1.82, 2.24) is 5.32 Å². The molecule has 0 radical (unpaired) electrons. The van der Waals surface area contributed by atoms with Crippen molar-refractivity contribution >= 4 is 0 Å². The Kier molecular flexibility index (Phi) is 6.57. The molecule has 1 saturated heterocycles. The Morgan fingerprint density at radius 3 is 3.00 bits per heavy atom. The molecule has 2 rings (SSSR count). The fourth-order valence-electron chi connectivity index (χ4n) is 2.46. The van der Waals surface area contributed by atoms with E-state index in [0.717, 1.165) is 19.6 Å².